The molecule has 0 aromatic carbocycles. The highest BCUT2D eigenvalue weighted by atomic mass is 17.3. The van der Waals surface area contributed by atoms with E-state index in [1.165, 1.54) is 25.7 Å². The minimum absolute atomic E-state index is 0.306. The van der Waals surface area contributed by atoms with Crippen molar-refractivity contribution < 1.29 is 14.5 Å². The molecule has 1 aliphatic heterocycles. The fraction of sp³-hybridized carbons (Fsp3) is 1.00. The molecule has 3 nitrogen and oxygen atoms in total. The molecular formula is C8H12O3. The Morgan fingerprint density at radius 3 is 2.00 bits per heavy atom. The van der Waals surface area contributed by atoms with Gasteiger partial charge >= 0.3 is 0 Å². The van der Waals surface area contributed by atoms with Crippen molar-refractivity contribution in [2.45, 2.75) is 31.5 Å². The summed E-state index contributed by atoms with van der Waals surface area (Å²) >= 11 is 0. The SMILES string of the molecule is C1OOC(C2CC2)(C2CC2)O1. The Morgan fingerprint density at radius 1 is 1.00 bits per heavy atom. The van der Waals surface area contributed by atoms with Crippen LogP contribution in [0.25, 0.3) is 0 Å². The molecule has 2 saturated carbocycles. The van der Waals surface area contributed by atoms with Crippen LogP contribution in [0.3, 0.4) is 0 Å². The number of ether oxygens (including phenoxy) is 1. The molecule has 0 amide bonds. The van der Waals surface area contributed by atoms with E-state index < -0.39 is 0 Å². The van der Waals surface area contributed by atoms with E-state index in [9.17, 15) is 0 Å². The van der Waals surface area contributed by atoms with Gasteiger partial charge in [-0.2, -0.15) is 4.89 Å². The summed E-state index contributed by atoms with van der Waals surface area (Å²) in [4.78, 5) is 10.1. The second-order valence-corrected chi connectivity index (χ2v) is 3.73. The summed E-state index contributed by atoms with van der Waals surface area (Å²) in [5.41, 5.74) is 0. The van der Waals surface area contributed by atoms with Crippen LogP contribution in [0, 0.1) is 11.8 Å². The van der Waals surface area contributed by atoms with E-state index in [4.69, 9.17) is 14.5 Å². The van der Waals surface area contributed by atoms with E-state index in [2.05, 4.69) is 0 Å². The van der Waals surface area contributed by atoms with Crippen LogP contribution in [0.15, 0.2) is 0 Å². The van der Waals surface area contributed by atoms with Crippen molar-refractivity contribution in [1.82, 2.24) is 0 Å². The maximum Gasteiger partial charge on any atom is 0.209 e. The molecule has 11 heavy (non-hydrogen) atoms. The maximum atomic E-state index is 5.54. The van der Waals surface area contributed by atoms with Gasteiger partial charge in [0, 0.05) is 11.8 Å². The standard InChI is InChI=1S/C8H12O3/c1-2-6(1)8(7-3-4-7)9-5-10-11-8/h6-7H,1-5H2. The van der Waals surface area contributed by atoms with Crippen LogP contribution >= 0.6 is 0 Å². The van der Waals surface area contributed by atoms with Crippen LogP contribution in [0.4, 0.5) is 0 Å². The Labute approximate surface area is 65.5 Å². The zero-order valence-corrected chi connectivity index (χ0v) is 6.41. The normalized spacial score (nSPS) is 36.0. The third-order valence-electron chi connectivity index (χ3n) is 2.81. The first-order valence-electron chi connectivity index (χ1n) is 4.36. The van der Waals surface area contributed by atoms with Gasteiger partial charge < -0.3 is 4.74 Å². The van der Waals surface area contributed by atoms with Crippen molar-refractivity contribution in [3.05, 3.63) is 0 Å². The minimum Gasteiger partial charge on any atom is -0.317 e. The smallest absolute Gasteiger partial charge is 0.209 e. The topological polar surface area (TPSA) is 27.7 Å². The van der Waals surface area contributed by atoms with Gasteiger partial charge in [-0.3, -0.25) is 0 Å². The molecule has 3 heteroatoms. The van der Waals surface area contributed by atoms with E-state index >= 15 is 0 Å². The molecule has 0 aromatic heterocycles. The van der Waals surface area contributed by atoms with Crippen LogP contribution in [0.1, 0.15) is 25.7 Å². The molecule has 0 spiro atoms. The van der Waals surface area contributed by atoms with Gasteiger partial charge in [-0.15, -0.1) is 0 Å². The summed E-state index contributed by atoms with van der Waals surface area (Å²) in [6.45, 7) is 0.326. The van der Waals surface area contributed by atoms with Crippen LogP contribution < -0.4 is 0 Å². The minimum atomic E-state index is -0.306. The molecule has 3 rings (SSSR count). The zero-order valence-electron chi connectivity index (χ0n) is 6.41. The molecule has 0 radical (unpaired) electrons. The molecular weight excluding hydrogens is 144 g/mol. The number of hydrogen-bond acceptors (Lipinski definition) is 3. The van der Waals surface area contributed by atoms with Gasteiger partial charge in [0.2, 0.25) is 5.79 Å². The first-order valence-corrected chi connectivity index (χ1v) is 4.36. The first kappa shape index (κ1) is 6.40. The van der Waals surface area contributed by atoms with Crippen LogP contribution in [-0.2, 0) is 14.5 Å². The van der Waals surface area contributed by atoms with Gasteiger partial charge in [0.25, 0.3) is 0 Å². The Balaban J connectivity index is 1.83. The van der Waals surface area contributed by atoms with Crippen LogP contribution in [-0.4, -0.2) is 12.6 Å². The lowest BCUT2D eigenvalue weighted by Crippen LogP contribution is -2.35. The van der Waals surface area contributed by atoms with Crippen molar-refractivity contribution in [3.63, 3.8) is 0 Å². The van der Waals surface area contributed by atoms with Crippen molar-refractivity contribution in [2.75, 3.05) is 6.79 Å². The molecule has 0 unspecified atom stereocenters. The van der Waals surface area contributed by atoms with Gasteiger partial charge in [0.1, 0.15) is 0 Å². The van der Waals surface area contributed by atoms with Gasteiger partial charge in [0.05, 0.1) is 0 Å². The molecule has 1 heterocycles. The molecule has 0 atom stereocenters. The quantitative estimate of drug-likeness (QED) is 0.566. The fourth-order valence-corrected chi connectivity index (χ4v) is 1.93. The Morgan fingerprint density at radius 2 is 1.64 bits per heavy atom. The summed E-state index contributed by atoms with van der Waals surface area (Å²) in [5, 5.41) is 0. The molecule has 62 valence electrons. The van der Waals surface area contributed by atoms with Crippen molar-refractivity contribution in [3.8, 4) is 0 Å². The van der Waals surface area contributed by atoms with Gasteiger partial charge in [-0.05, 0) is 25.7 Å². The molecule has 1 saturated heterocycles. The van der Waals surface area contributed by atoms with Crippen molar-refractivity contribution in [2.24, 2.45) is 11.8 Å². The molecule has 3 aliphatic rings. The van der Waals surface area contributed by atoms with E-state index in [1.807, 2.05) is 0 Å². The highest BCUT2D eigenvalue weighted by molar-refractivity contribution is 4.99. The summed E-state index contributed by atoms with van der Waals surface area (Å²) < 4.78 is 5.54. The summed E-state index contributed by atoms with van der Waals surface area (Å²) in [7, 11) is 0. The Hall–Kier alpha value is -0.120. The lowest BCUT2D eigenvalue weighted by Gasteiger charge is -2.23. The summed E-state index contributed by atoms with van der Waals surface area (Å²) in [5.74, 6) is 0.940. The molecule has 2 aliphatic carbocycles. The average Bonchev–Trinajstić information content (AvgIpc) is 2.90. The van der Waals surface area contributed by atoms with Crippen molar-refractivity contribution in [1.29, 1.82) is 0 Å². The van der Waals surface area contributed by atoms with Crippen molar-refractivity contribution >= 4 is 0 Å². The number of hydrogen-bond donors (Lipinski definition) is 0. The third kappa shape index (κ3) is 0.849. The highest BCUT2D eigenvalue weighted by Gasteiger charge is 2.60. The zero-order chi connectivity index (χ0) is 7.31. The fourth-order valence-electron chi connectivity index (χ4n) is 1.93. The van der Waals surface area contributed by atoms with Crippen LogP contribution in [0.5, 0.6) is 0 Å². The van der Waals surface area contributed by atoms with E-state index in [0.717, 1.165) is 0 Å². The van der Waals surface area contributed by atoms with Gasteiger partial charge in [-0.1, -0.05) is 0 Å². The summed E-state index contributed by atoms with van der Waals surface area (Å²) in [6, 6.07) is 0. The highest BCUT2D eigenvalue weighted by Crippen LogP contribution is 2.56. The molecule has 0 aromatic rings. The monoisotopic (exact) mass is 156 g/mol. The largest absolute Gasteiger partial charge is 0.317 e. The lowest BCUT2D eigenvalue weighted by molar-refractivity contribution is -0.335. The maximum absolute atomic E-state index is 5.54. The predicted molar refractivity (Wildman–Crippen MR) is 36.3 cm³/mol. The molecule has 0 N–H and O–H groups in total. The molecule has 3 fully saturated rings. The van der Waals surface area contributed by atoms with E-state index in [1.54, 1.807) is 0 Å². The summed E-state index contributed by atoms with van der Waals surface area (Å²) in [6.07, 6.45) is 5.00. The Kier molecular flexibility index (Phi) is 1.15. The second kappa shape index (κ2) is 1.97. The first-order chi connectivity index (χ1) is 5.42. The second-order valence-electron chi connectivity index (χ2n) is 3.73. The average molecular weight is 156 g/mol. The number of rotatable bonds is 2. The Bertz CT molecular complexity index is 152. The van der Waals surface area contributed by atoms with E-state index in [-0.39, 0.29) is 5.79 Å². The van der Waals surface area contributed by atoms with Gasteiger partial charge in [-0.25, -0.2) is 4.89 Å². The van der Waals surface area contributed by atoms with E-state index in [0.29, 0.717) is 18.6 Å². The third-order valence-corrected chi connectivity index (χ3v) is 2.81. The van der Waals surface area contributed by atoms with Gasteiger partial charge in [0.15, 0.2) is 6.79 Å². The molecule has 0 bridgehead atoms. The van der Waals surface area contributed by atoms with Crippen LogP contribution in [0.2, 0.25) is 0 Å². The lowest BCUT2D eigenvalue weighted by atomic mass is 10.1. The predicted octanol–water partition coefficient (Wildman–Crippen LogP) is 1.44.